The first-order chi connectivity index (χ1) is 21.4. The number of para-hydroxylation sites is 1. The van der Waals surface area contributed by atoms with Crippen LogP contribution in [0, 0.1) is 0 Å². The molecule has 0 saturated carbocycles. The van der Waals surface area contributed by atoms with Crippen LogP contribution in [-0.2, 0) is 19.2 Å². The van der Waals surface area contributed by atoms with Crippen LogP contribution in [0.25, 0.3) is 0 Å². The maximum Gasteiger partial charge on any atom is 1.00 e. The number of aliphatic carboxylic acids is 4. The molecule has 13 nitrogen and oxygen atoms in total. The molecular weight excluding hydrogens is 606 g/mol. The van der Waals surface area contributed by atoms with Gasteiger partial charge in [0.2, 0.25) is 0 Å². The highest BCUT2D eigenvalue weighted by molar-refractivity contribution is 7.99. The van der Waals surface area contributed by atoms with Gasteiger partial charge in [0, 0.05) is 54.6 Å². The molecule has 0 amide bonds. The average molecular weight is 644 g/mol. The number of carboxylic acid groups (broad SMARTS) is 4. The quantitative estimate of drug-likeness (QED) is 0.208. The third-order valence-corrected chi connectivity index (χ3v) is 7.61. The van der Waals surface area contributed by atoms with E-state index >= 15 is 0 Å². The lowest BCUT2D eigenvalue weighted by molar-refractivity contribution is -0.301. The molecule has 0 radical (unpaired) electrons. The van der Waals surface area contributed by atoms with Gasteiger partial charge in [0.1, 0.15) is 0 Å². The smallest absolute Gasteiger partial charge is 0.545 e. The monoisotopic (exact) mass is 643 g/mol. The Hall–Kier alpha value is -4.50. The summed E-state index contributed by atoms with van der Waals surface area (Å²) in [6, 6.07) is 14.6. The first-order valence-corrected chi connectivity index (χ1v) is 14.7. The zero-order chi connectivity index (χ0) is 33.4. The van der Waals surface area contributed by atoms with Gasteiger partial charge in [0.25, 0.3) is 0 Å². The third kappa shape index (κ3) is 13.4. The molecule has 2 aliphatic heterocycles. The van der Waals surface area contributed by atoms with E-state index in [0.717, 1.165) is 63.5 Å². The Labute approximate surface area is 270 Å². The normalized spacial score (nSPS) is 14.4. The Bertz CT molecular complexity index is 1360. The molecule has 1 N–H and O–H groups in total. The van der Waals surface area contributed by atoms with Gasteiger partial charge in [0.15, 0.2) is 5.78 Å². The van der Waals surface area contributed by atoms with Crippen LogP contribution in [-0.4, -0.2) is 97.0 Å². The molecule has 1 fully saturated rings. The number of piperazine rings is 1. The molecule has 45 heavy (non-hydrogen) atoms. The number of carbonyl (C=O) groups excluding carboxylic acids is 5. The van der Waals surface area contributed by atoms with E-state index in [2.05, 4.69) is 45.0 Å². The Morgan fingerprint density at radius 3 is 1.71 bits per heavy atom. The number of rotatable bonds is 11. The summed E-state index contributed by atoms with van der Waals surface area (Å²) in [6.07, 6.45) is 2.61. The summed E-state index contributed by atoms with van der Waals surface area (Å²) in [4.78, 5) is 59.3. The molecule has 0 atom stereocenters. The fourth-order valence-electron chi connectivity index (χ4n) is 4.39. The number of anilines is 2. The summed E-state index contributed by atoms with van der Waals surface area (Å²) in [7, 11) is 0. The highest BCUT2D eigenvalue weighted by Gasteiger charge is 2.24. The summed E-state index contributed by atoms with van der Waals surface area (Å²) >= 11 is 1.78. The number of benzene rings is 2. The summed E-state index contributed by atoms with van der Waals surface area (Å²) in [6.45, 7) is 8.87. The summed E-state index contributed by atoms with van der Waals surface area (Å²) in [5.41, 5.74) is 3.15. The van der Waals surface area contributed by atoms with E-state index in [-0.39, 0.29) is 18.1 Å². The van der Waals surface area contributed by atoms with Crippen LogP contribution in [0.2, 0.25) is 0 Å². The molecule has 2 aromatic rings. The Morgan fingerprint density at radius 1 is 0.733 bits per heavy atom. The minimum absolute atomic E-state index is 0. The highest BCUT2D eigenvalue weighted by Crippen LogP contribution is 2.48. The molecule has 242 valence electrons. The predicted octanol–water partition coefficient (Wildman–Crippen LogP) is -1.97. The maximum absolute atomic E-state index is 11.9. The van der Waals surface area contributed by atoms with Crippen LogP contribution in [0.3, 0.4) is 0 Å². The lowest BCUT2D eigenvalue weighted by Gasteiger charge is -2.36. The zero-order valence-corrected chi connectivity index (χ0v) is 25.4. The van der Waals surface area contributed by atoms with E-state index in [1.54, 1.807) is 18.7 Å². The Kier molecular flexibility index (Phi) is 15.5. The van der Waals surface area contributed by atoms with E-state index in [0.29, 0.717) is 24.3 Å². The number of Topliss-reactive ketones (excluding diaryl/α,β-unsaturated/α-hetero) is 1. The molecule has 1 saturated heterocycles. The number of carbonyl (C=O) groups is 5. The van der Waals surface area contributed by atoms with Crippen molar-refractivity contribution in [3.05, 3.63) is 72.3 Å². The minimum atomic E-state index is -1.55. The molecule has 0 bridgehead atoms. The van der Waals surface area contributed by atoms with Crippen molar-refractivity contribution in [1.82, 2.24) is 9.80 Å². The summed E-state index contributed by atoms with van der Waals surface area (Å²) in [5, 5.41) is 46.8. The van der Waals surface area contributed by atoms with Gasteiger partial charge in [-0.25, -0.2) is 0 Å². The zero-order valence-electron chi connectivity index (χ0n) is 28.6. The van der Waals surface area contributed by atoms with Crippen LogP contribution in [0.5, 0.6) is 0 Å². The van der Waals surface area contributed by atoms with Crippen molar-refractivity contribution in [3.63, 3.8) is 0 Å². The molecule has 4 rings (SSSR count). The van der Waals surface area contributed by atoms with Gasteiger partial charge < -0.3 is 54.5 Å². The summed E-state index contributed by atoms with van der Waals surface area (Å²) in [5.74, 6) is -6.08. The number of ketones is 1. The number of nitrogens with zero attached hydrogens (tertiary/aromatic N) is 3. The molecule has 14 heteroatoms. The van der Waals surface area contributed by atoms with Gasteiger partial charge in [0.05, 0.1) is 41.9 Å². The molecule has 2 heterocycles. The van der Waals surface area contributed by atoms with Crippen molar-refractivity contribution >= 4 is 52.8 Å². The van der Waals surface area contributed by atoms with Gasteiger partial charge in [-0.05, 0) is 68.5 Å². The van der Waals surface area contributed by atoms with E-state index in [4.69, 9.17) is 5.11 Å². The molecule has 2 aromatic carbocycles. The van der Waals surface area contributed by atoms with Crippen molar-refractivity contribution in [1.29, 1.82) is 0 Å². The van der Waals surface area contributed by atoms with Crippen molar-refractivity contribution in [2.24, 2.45) is 0 Å². The standard InChI is InChI=1S/C23H29N3O2S.2C4H4O4/c1-18(28)19-7-8-23-21(17-19)26(20-5-2-3-6-22(20)29-23)10-4-9-24-11-13-25(14-12-24)15-16-27;2*5-3(6)1-2-4(7)8/h2-3,5-8,17,27H,4,9-16H2,1H3;2*1-2H,(H,5,6)(H,7,8)/b;2*2-1-. The second-order valence-electron chi connectivity index (χ2n) is 9.66. The molecule has 2 aliphatic rings. The lowest BCUT2D eigenvalue weighted by Crippen LogP contribution is -2.47. The fraction of sp³-hybridized carbons (Fsp3) is 0.323. The van der Waals surface area contributed by atoms with E-state index < -0.39 is 23.9 Å². The largest absolute Gasteiger partial charge is 1.00 e. The van der Waals surface area contributed by atoms with Gasteiger partial charge in [-0.15, -0.1) is 0 Å². The topological polar surface area (TPSA) is 208 Å². The average Bonchev–Trinajstić information content (AvgIpc) is 3.00. The van der Waals surface area contributed by atoms with E-state index in [1.165, 1.54) is 15.5 Å². The second-order valence-corrected chi connectivity index (χ2v) is 10.7. The number of hydrogen-bond donors (Lipinski definition) is 1. The second kappa shape index (κ2) is 19.0. The molecule has 0 unspecified atom stereocenters. The Balaban J connectivity index is -0.000000893. The summed E-state index contributed by atoms with van der Waals surface area (Å²) < 4.78 is 0. The number of aliphatic hydroxyl groups is 1. The molecule has 0 aliphatic carbocycles. The SMILES string of the molecule is CC(=O)c1ccc2c(c1)N(CCCN1CCN(CCO)CC1)c1ccccc1S2.O=C([O-])/C=C\C(=O)[O-].O=C([O-])/C=C\C(=O)[O-].[H+].[H+].[H+].[H+]. The molecular formula is C31H37N3O10S. The van der Waals surface area contributed by atoms with Crippen LogP contribution in [0.1, 0.15) is 29.4 Å². The van der Waals surface area contributed by atoms with Crippen molar-refractivity contribution in [2.75, 3.05) is 57.3 Å². The van der Waals surface area contributed by atoms with E-state index in [1.807, 2.05) is 12.1 Å². The maximum atomic E-state index is 11.9. The van der Waals surface area contributed by atoms with Gasteiger partial charge in [-0.3, -0.25) is 9.69 Å². The number of hydrogen-bond acceptors (Lipinski definition) is 14. The minimum Gasteiger partial charge on any atom is -0.545 e. The number of aliphatic hydroxyl groups excluding tert-OH is 1. The Morgan fingerprint density at radius 2 is 1.22 bits per heavy atom. The molecule has 0 spiro atoms. The van der Waals surface area contributed by atoms with Crippen LogP contribution in [0.15, 0.2) is 76.6 Å². The first-order valence-electron chi connectivity index (χ1n) is 13.9. The van der Waals surface area contributed by atoms with Crippen molar-refractivity contribution in [2.45, 2.75) is 23.1 Å². The van der Waals surface area contributed by atoms with Crippen LogP contribution < -0.4 is 25.3 Å². The number of carboxylic acids is 4. The van der Waals surface area contributed by atoms with Crippen molar-refractivity contribution < 1.29 is 55.2 Å². The van der Waals surface area contributed by atoms with Crippen LogP contribution >= 0.6 is 11.8 Å². The first kappa shape index (κ1) is 36.7. The van der Waals surface area contributed by atoms with E-state index in [9.17, 15) is 44.4 Å². The van der Waals surface area contributed by atoms with Gasteiger partial charge >= 0.3 is 5.71 Å². The van der Waals surface area contributed by atoms with Gasteiger partial charge in [-0.2, -0.15) is 0 Å². The predicted molar refractivity (Wildman–Crippen MR) is 161 cm³/mol. The number of fused-ring (bicyclic) bond motifs is 2. The van der Waals surface area contributed by atoms with Gasteiger partial charge in [-0.1, -0.05) is 30.0 Å². The highest BCUT2D eigenvalue weighted by atomic mass is 32.2. The molecule has 0 aromatic heterocycles. The fourth-order valence-corrected chi connectivity index (χ4v) is 5.47. The van der Waals surface area contributed by atoms with Crippen LogP contribution in [0.4, 0.5) is 11.4 Å². The van der Waals surface area contributed by atoms with Crippen molar-refractivity contribution in [3.8, 4) is 0 Å². The lowest BCUT2D eigenvalue weighted by atomic mass is 10.1. The third-order valence-electron chi connectivity index (χ3n) is 6.48. The number of β-amino-alcohol motifs (C(OH)–C–C–N with tert-alkyl or cyclic N) is 1.